The van der Waals surface area contributed by atoms with Crippen LogP contribution in [0.2, 0.25) is 0 Å². The van der Waals surface area contributed by atoms with Crippen LogP contribution in [0.25, 0.3) is 0 Å². The van der Waals surface area contributed by atoms with Gasteiger partial charge in [0, 0.05) is 16.9 Å². The molecule has 1 aliphatic heterocycles. The molecule has 0 radical (unpaired) electrons. The Morgan fingerprint density at radius 1 is 0.968 bits per heavy atom. The molecule has 0 unspecified atom stereocenters. The lowest BCUT2D eigenvalue weighted by Gasteiger charge is -2.25. The molecule has 3 aromatic carbocycles. The Bertz CT molecular complexity index is 1070. The lowest BCUT2D eigenvalue weighted by molar-refractivity contribution is -0.115. The van der Waals surface area contributed by atoms with Crippen LogP contribution < -0.4 is 10.2 Å². The van der Waals surface area contributed by atoms with E-state index in [2.05, 4.69) is 31.3 Å². The van der Waals surface area contributed by atoms with Crippen molar-refractivity contribution in [3.05, 3.63) is 95.1 Å². The highest BCUT2D eigenvalue weighted by atomic mass is 32.2. The first-order chi connectivity index (χ1) is 14.9. The summed E-state index contributed by atoms with van der Waals surface area (Å²) in [6.45, 7) is 6.32. The van der Waals surface area contributed by atoms with Gasteiger partial charge in [-0.2, -0.15) is 0 Å². The Morgan fingerprint density at radius 2 is 1.61 bits per heavy atom. The average Bonchev–Trinajstić information content (AvgIpc) is 3.16. The van der Waals surface area contributed by atoms with E-state index >= 15 is 0 Å². The van der Waals surface area contributed by atoms with Gasteiger partial charge < -0.3 is 5.32 Å². The predicted octanol–water partition coefficient (Wildman–Crippen LogP) is 6.15. The van der Waals surface area contributed by atoms with Crippen molar-refractivity contribution in [1.29, 1.82) is 0 Å². The molecule has 2 amide bonds. The number of aryl methyl sites for hydroxylation is 1. The highest BCUT2D eigenvalue weighted by molar-refractivity contribution is 8.00. The number of nitrogens with zero attached hydrogens (tertiary/aromatic N) is 1. The quantitative estimate of drug-likeness (QED) is 0.528. The van der Waals surface area contributed by atoms with Gasteiger partial charge in [0.15, 0.2) is 0 Å². The van der Waals surface area contributed by atoms with E-state index in [4.69, 9.17) is 0 Å². The standard InChI is InChI=1S/C26H26N2O2S/c1-17(2)19-10-14-23(15-11-19)28-24(29)16-31-26(28)21-8-12-22(13-9-21)27-25(30)20-6-4-18(3)5-7-20/h4-15,17,26H,16H2,1-3H3,(H,27,30)/t26-/m0/s1. The second-order valence-electron chi connectivity index (χ2n) is 8.12. The van der Waals surface area contributed by atoms with Crippen LogP contribution in [0.4, 0.5) is 11.4 Å². The number of amides is 2. The zero-order valence-corrected chi connectivity index (χ0v) is 18.8. The lowest BCUT2D eigenvalue weighted by Crippen LogP contribution is -2.27. The summed E-state index contributed by atoms with van der Waals surface area (Å²) in [6.07, 6.45) is 0. The van der Waals surface area contributed by atoms with Crippen molar-refractivity contribution >= 4 is 35.0 Å². The van der Waals surface area contributed by atoms with Gasteiger partial charge in [0.25, 0.3) is 5.91 Å². The van der Waals surface area contributed by atoms with E-state index in [-0.39, 0.29) is 17.2 Å². The van der Waals surface area contributed by atoms with Crippen LogP contribution in [0.5, 0.6) is 0 Å². The minimum Gasteiger partial charge on any atom is -0.322 e. The van der Waals surface area contributed by atoms with Crippen molar-refractivity contribution in [3.63, 3.8) is 0 Å². The number of hydrogen-bond donors (Lipinski definition) is 1. The average molecular weight is 431 g/mol. The van der Waals surface area contributed by atoms with Crippen LogP contribution in [0.3, 0.4) is 0 Å². The second-order valence-corrected chi connectivity index (χ2v) is 9.18. The maximum atomic E-state index is 12.6. The molecule has 0 spiro atoms. The van der Waals surface area contributed by atoms with E-state index in [1.807, 2.05) is 72.5 Å². The third-order valence-electron chi connectivity index (χ3n) is 5.47. The van der Waals surface area contributed by atoms with Gasteiger partial charge in [0.1, 0.15) is 5.37 Å². The molecule has 0 saturated carbocycles. The lowest BCUT2D eigenvalue weighted by atomic mass is 10.0. The van der Waals surface area contributed by atoms with Crippen LogP contribution in [0, 0.1) is 6.92 Å². The molecular weight excluding hydrogens is 404 g/mol. The number of anilines is 2. The van der Waals surface area contributed by atoms with Crippen LogP contribution in [0.15, 0.2) is 72.8 Å². The van der Waals surface area contributed by atoms with Gasteiger partial charge >= 0.3 is 0 Å². The Morgan fingerprint density at radius 3 is 2.23 bits per heavy atom. The van der Waals surface area contributed by atoms with Crippen LogP contribution in [-0.2, 0) is 4.79 Å². The third-order valence-corrected chi connectivity index (χ3v) is 6.69. The number of thioether (sulfide) groups is 1. The van der Waals surface area contributed by atoms with E-state index in [9.17, 15) is 9.59 Å². The molecule has 1 saturated heterocycles. The number of benzene rings is 3. The summed E-state index contributed by atoms with van der Waals surface area (Å²) in [7, 11) is 0. The smallest absolute Gasteiger partial charge is 0.255 e. The summed E-state index contributed by atoms with van der Waals surface area (Å²) >= 11 is 1.62. The molecule has 4 rings (SSSR count). The predicted molar refractivity (Wildman–Crippen MR) is 129 cm³/mol. The van der Waals surface area contributed by atoms with Gasteiger partial charge in [-0.1, -0.05) is 55.8 Å². The Balaban J connectivity index is 1.50. The van der Waals surface area contributed by atoms with Crippen molar-refractivity contribution in [3.8, 4) is 0 Å². The van der Waals surface area contributed by atoms with Gasteiger partial charge in [-0.3, -0.25) is 14.5 Å². The van der Waals surface area contributed by atoms with Crippen molar-refractivity contribution < 1.29 is 9.59 Å². The first-order valence-electron chi connectivity index (χ1n) is 10.4. The summed E-state index contributed by atoms with van der Waals surface area (Å²) in [5.74, 6) is 0.896. The molecule has 1 atom stereocenters. The molecule has 1 heterocycles. The molecule has 0 bridgehead atoms. The summed E-state index contributed by atoms with van der Waals surface area (Å²) in [5.41, 5.74) is 5.69. The van der Waals surface area contributed by atoms with E-state index in [1.54, 1.807) is 11.8 Å². The van der Waals surface area contributed by atoms with Crippen LogP contribution >= 0.6 is 11.8 Å². The maximum Gasteiger partial charge on any atom is 0.255 e. The third kappa shape index (κ3) is 4.67. The summed E-state index contributed by atoms with van der Waals surface area (Å²) in [5, 5.41) is 2.87. The number of rotatable bonds is 5. The maximum absolute atomic E-state index is 12.6. The van der Waals surface area contributed by atoms with Gasteiger partial charge in [-0.15, -0.1) is 11.8 Å². The highest BCUT2D eigenvalue weighted by Crippen LogP contribution is 2.42. The van der Waals surface area contributed by atoms with Gasteiger partial charge in [0.2, 0.25) is 5.91 Å². The fourth-order valence-corrected chi connectivity index (χ4v) is 4.79. The zero-order chi connectivity index (χ0) is 22.0. The van der Waals surface area contributed by atoms with Crippen molar-refractivity contribution in [2.75, 3.05) is 16.0 Å². The number of carbonyl (C=O) groups is 2. The fourth-order valence-electron chi connectivity index (χ4n) is 3.61. The molecule has 1 aliphatic rings. The molecule has 1 N–H and O–H groups in total. The second kappa shape index (κ2) is 8.98. The number of nitrogens with one attached hydrogen (secondary N) is 1. The van der Waals surface area contributed by atoms with Gasteiger partial charge in [-0.05, 0) is 60.4 Å². The highest BCUT2D eigenvalue weighted by Gasteiger charge is 2.34. The molecule has 3 aromatic rings. The largest absolute Gasteiger partial charge is 0.322 e. The Labute approximate surface area is 187 Å². The van der Waals surface area contributed by atoms with Gasteiger partial charge in [-0.25, -0.2) is 0 Å². The molecule has 1 fully saturated rings. The normalized spacial score (nSPS) is 16.1. The first-order valence-corrected chi connectivity index (χ1v) is 11.5. The minimum absolute atomic E-state index is 0.0701. The van der Waals surface area contributed by atoms with E-state index < -0.39 is 0 Å². The number of carbonyl (C=O) groups excluding carboxylic acids is 2. The Kier molecular flexibility index (Phi) is 6.14. The zero-order valence-electron chi connectivity index (χ0n) is 18.0. The van der Waals surface area contributed by atoms with E-state index in [0.717, 1.165) is 22.5 Å². The molecule has 0 aromatic heterocycles. The minimum atomic E-state index is -0.134. The SMILES string of the molecule is Cc1ccc(C(=O)Nc2ccc([C@@H]3SCC(=O)N3c3ccc(C(C)C)cc3)cc2)cc1. The van der Waals surface area contributed by atoms with Crippen LogP contribution in [-0.4, -0.2) is 17.6 Å². The molecule has 5 heteroatoms. The van der Waals surface area contributed by atoms with Crippen molar-refractivity contribution in [1.82, 2.24) is 0 Å². The summed E-state index contributed by atoms with van der Waals surface area (Å²) in [4.78, 5) is 26.9. The fraction of sp³-hybridized carbons (Fsp3) is 0.231. The first kappa shape index (κ1) is 21.2. The summed E-state index contributed by atoms with van der Waals surface area (Å²) in [6, 6.07) is 23.5. The summed E-state index contributed by atoms with van der Waals surface area (Å²) < 4.78 is 0. The number of hydrogen-bond acceptors (Lipinski definition) is 3. The van der Waals surface area contributed by atoms with E-state index in [0.29, 0.717) is 17.2 Å². The topological polar surface area (TPSA) is 49.4 Å². The van der Waals surface area contributed by atoms with E-state index in [1.165, 1.54) is 5.56 Å². The molecule has 158 valence electrons. The van der Waals surface area contributed by atoms with Crippen molar-refractivity contribution in [2.45, 2.75) is 32.1 Å². The van der Waals surface area contributed by atoms with Gasteiger partial charge in [0.05, 0.1) is 5.75 Å². The molecular formula is C26H26N2O2S. The molecule has 0 aliphatic carbocycles. The molecule has 31 heavy (non-hydrogen) atoms. The Hall–Kier alpha value is -3.05. The molecule has 4 nitrogen and oxygen atoms in total. The monoisotopic (exact) mass is 430 g/mol. The van der Waals surface area contributed by atoms with Crippen molar-refractivity contribution in [2.24, 2.45) is 0 Å². The van der Waals surface area contributed by atoms with Crippen LogP contribution in [0.1, 0.15) is 52.2 Å².